The van der Waals surface area contributed by atoms with Crippen molar-refractivity contribution in [3.05, 3.63) is 35.4 Å². The first-order valence-corrected chi connectivity index (χ1v) is 9.70. The molecule has 28 heavy (non-hydrogen) atoms. The van der Waals surface area contributed by atoms with Gasteiger partial charge in [-0.2, -0.15) is 13.2 Å². The first-order valence-electron chi connectivity index (χ1n) is 9.70. The van der Waals surface area contributed by atoms with Crippen LogP contribution in [0.1, 0.15) is 36.8 Å². The lowest BCUT2D eigenvalue weighted by Gasteiger charge is -2.35. The fourth-order valence-electron chi connectivity index (χ4n) is 3.94. The standard InChI is InChI=1S/C20H26F3N3O2/c1-24(14-15-5-4-6-17(13-15)20(21,22)23)18(27)16-7-11-26(12-8-16)19(28)25-9-2-3-10-25/h4-6,13,16H,2-3,7-12,14H2,1H3. The lowest BCUT2D eigenvalue weighted by Crippen LogP contribution is -2.47. The molecule has 0 N–H and O–H groups in total. The van der Waals surface area contributed by atoms with Gasteiger partial charge in [0.15, 0.2) is 0 Å². The molecule has 1 aromatic carbocycles. The molecule has 0 aromatic heterocycles. The van der Waals surface area contributed by atoms with Crippen molar-refractivity contribution in [3.8, 4) is 0 Å². The highest BCUT2D eigenvalue weighted by atomic mass is 19.4. The number of rotatable bonds is 3. The lowest BCUT2D eigenvalue weighted by atomic mass is 9.95. The molecule has 8 heteroatoms. The minimum absolute atomic E-state index is 0.0562. The topological polar surface area (TPSA) is 43.9 Å². The summed E-state index contributed by atoms with van der Waals surface area (Å²) in [5, 5.41) is 0. The maximum atomic E-state index is 12.9. The molecule has 0 aliphatic carbocycles. The Morgan fingerprint density at radius 1 is 1.07 bits per heavy atom. The minimum Gasteiger partial charge on any atom is -0.341 e. The monoisotopic (exact) mass is 397 g/mol. The Morgan fingerprint density at radius 2 is 1.68 bits per heavy atom. The summed E-state index contributed by atoms with van der Waals surface area (Å²) in [6.45, 7) is 2.83. The molecule has 0 saturated carbocycles. The molecule has 0 unspecified atom stereocenters. The highest BCUT2D eigenvalue weighted by Gasteiger charge is 2.32. The minimum atomic E-state index is -4.40. The molecule has 3 rings (SSSR count). The van der Waals surface area contributed by atoms with Crippen LogP contribution in [0.4, 0.5) is 18.0 Å². The molecule has 0 atom stereocenters. The van der Waals surface area contributed by atoms with E-state index in [0.29, 0.717) is 31.5 Å². The molecule has 2 aliphatic rings. The van der Waals surface area contributed by atoms with Crippen LogP contribution >= 0.6 is 0 Å². The summed E-state index contributed by atoms with van der Waals surface area (Å²) in [5.41, 5.74) is -0.257. The van der Waals surface area contributed by atoms with Crippen molar-refractivity contribution in [3.63, 3.8) is 0 Å². The number of likely N-dealkylation sites (tertiary alicyclic amines) is 2. The molecular weight excluding hydrogens is 371 g/mol. The predicted octanol–water partition coefficient (Wildman–Crippen LogP) is 3.59. The Balaban J connectivity index is 1.52. The largest absolute Gasteiger partial charge is 0.416 e. The Morgan fingerprint density at radius 3 is 2.29 bits per heavy atom. The molecule has 5 nitrogen and oxygen atoms in total. The van der Waals surface area contributed by atoms with Crippen molar-refractivity contribution in [2.45, 2.75) is 38.4 Å². The summed E-state index contributed by atoms with van der Waals surface area (Å²) in [6, 6.07) is 5.12. The summed E-state index contributed by atoms with van der Waals surface area (Å²) in [5.74, 6) is -0.274. The average Bonchev–Trinajstić information content (AvgIpc) is 3.21. The van der Waals surface area contributed by atoms with Gasteiger partial charge in [-0.1, -0.05) is 12.1 Å². The van der Waals surface area contributed by atoms with Gasteiger partial charge in [0.05, 0.1) is 5.56 Å². The van der Waals surface area contributed by atoms with Crippen LogP contribution in [-0.4, -0.2) is 59.9 Å². The van der Waals surface area contributed by atoms with Crippen molar-refractivity contribution in [1.29, 1.82) is 0 Å². The number of carbonyl (C=O) groups excluding carboxylic acids is 2. The zero-order chi connectivity index (χ0) is 20.3. The fraction of sp³-hybridized carbons (Fsp3) is 0.600. The van der Waals surface area contributed by atoms with Crippen molar-refractivity contribution < 1.29 is 22.8 Å². The number of hydrogen-bond acceptors (Lipinski definition) is 2. The van der Waals surface area contributed by atoms with Crippen molar-refractivity contribution >= 4 is 11.9 Å². The summed E-state index contributed by atoms with van der Waals surface area (Å²) < 4.78 is 38.6. The molecule has 0 radical (unpaired) electrons. The Labute approximate surface area is 163 Å². The van der Waals surface area contributed by atoms with Gasteiger partial charge in [-0.3, -0.25) is 4.79 Å². The van der Waals surface area contributed by atoms with E-state index in [-0.39, 0.29) is 24.4 Å². The quantitative estimate of drug-likeness (QED) is 0.782. The highest BCUT2D eigenvalue weighted by molar-refractivity contribution is 5.79. The second-order valence-electron chi connectivity index (χ2n) is 7.63. The summed E-state index contributed by atoms with van der Waals surface area (Å²) in [7, 11) is 1.62. The van der Waals surface area contributed by atoms with Gasteiger partial charge in [0.1, 0.15) is 0 Å². The fourth-order valence-corrected chi connectivity index (χ4v) is 3.94. The van der Waals surface area contributed by atoms with Crippen LogP contribution in [0.15, 0.2) is 24.3 Å². The second kappa shape index (κ2) is 8.41. The van der Waals surface area contributed by atoms with Gasteiger partial charge >= 0.3 is 12.2 Å². The average molecular weight is 397 g/mol. The molecule has 1 aromatic rings. The molecule has 2 heterocycles. The predicted molar refractivity (Wildman–Crippen MR) is 98.4 cm³/mol. The Bertz CT molecular complexity index is 709. The maximum absolute atomic E-state index is 12.9. The Kier molecular flexibility index (Phi) is 6.15. The van der Waals surface area contributed by atoms with E-state index < -0.39 is 11.7 Å². The van der Waals surface area contributed by atoms with Crippen molar-refractivity contribution in [1.82, 2.24) is 14.7 Å². The number of hydrogen-bond donors (Lipinski definition) is 0. The number of amides is 3. The molecule has 0 spiro atoms. The van der Waals surface area contributed by atoms with E-state index in [0.717, 1.165) is 38.1 Å². The molecule has 3 amide bonds. The summed E-state index contributed by atoms with van der Waals surface area (Å²) in [6.07, 6.45) is -1.13. The summed E-state index contributed by atoms with van der Waals surface area (Å²) >= 11 is 0. The zero-order valence-corrected chi connectivity index (χ0v) is 16.0. The number of benzene rings is 1. The zero-order valence-electron chi connectivity index (χ0n) is 16.0. The number of carbonyl (C=O) groups is 2. The lowest BCUT2D eigenvalue weighted by molar-refractivity contribution is -0.137. The summed E-state index contributed by atoms with van der Waals surface area (Å²) in [4.78, 5) is 30.3. The molecule has 154 valence electrons. The first kappa shape index (κ1) is 20.5. The first-order chi connectivity index (χ1) is 13.3. The van der Waals surface area contributed by atoms with Gasteiger partial charge in [-0.15, -0.1) is 0 Å². The van der Waals surface area contributed by atoms with Gasteiger partial charge in [-0.25, -0.2) is 4.79 Å². The van der Waals surface area contributed by atoms with Gasteiger partial charge < -0.3 is 14.7 Å². The molecule has 2 aliphatic heterocycles. The number of alkyl halides is 3. The Hall–Kier alpha value is -2.25. The van der Waals surface area contributed by atoms with E-state index >= 15 is 0 Å². The van der Waals surface area contributed by atoms with Crippen LogP contribution in [0.2, 0.25) is 0 Å². The van der Waals surface area contributed by atoms with E-state index in [9.17, 15) is 22.8 Å². The number of urea groups is 1. The van der Waals surface area contributed by atoms with Gasteiger partial charge in [0.2, 0.25) is 5.91 Å². The molecule has 2 saturated heterocycles. The van der Waals surface area contributed by atoms with Crippen molar-refractivity contribution in [2.75, 3.05) is 33.2 Å². The van der Waals surface area contributed by atoms with E-state index in [1.807, 2.05) is 9.80 Å². The van der Waals surface area contributed by atoms with Crippen LogP contribution in [0.5, 0.6) is 0 Å². The van der Waals surface area contributed by atoms with Crippen LogP contribution in [0.25, 0.3) is 0 Å². The molecular formula is C20H26F3N3O2. The third-order valence-corrected chi connectivity index (χ3v) is 5.54. The van der Waals surface area contributed by atoms with E-state index in [1.165, 1.54) is 11.0 Å². The highest BCUT2D eigenvalue weighted by Crippen LogP contribution is 2.30. The second-order valence-corrected chi connectivity index (χ2v) is 7.63. The van der Waals surface area contributed by atoms with E-state index in [2.05, 4.69) is 0 Å². The molecule has 0 bridgehead atoms. The SMILES string of the molecule is CN(Cc1cccc(C(F)(F)F)c1)C(=O)C1CCN(C(=O)N2CCCC2)CC1. The van der Waals surface area contributed by atoms with Crippen LogP contribution in [0, 0.1) is 5.92 Å². The van der Waals surface area contributed by atoms with Crippen LogP contribution in [0.3, 0.4) is 0 Å². The number of nitrogens with zero attached hydrogens (tertiary/aromatic N) is 3. The number of halogens is 3. The van der Waals surface area contributed by atoms with Crippen LogP contribution in [-0.2, 0) is 17.5 Å². The third kappa shape index (κ3) is 4.77. The molecule has 2 fully saturated rings. The normalized spacial score (nSPS) is 18.4. The van der Waals surface area contributed by atoms with Gasteiger partial charge in [-0.05, 0) is 43.4 Å². The maximum Gasteiger partial charge on any atom is 0.416 e. The van der Waals surface area contributed by atoms with Gasteiger partial charge in [0.25, 0.3) is 0 Å². The van der Waals surface area contributed by atoms with E-state index in [1.54, 1.807) is 13.1 Å². The van der Waals surface area contributed by atoms with Crippen molar-refractivity contribution in [2.24, 2.45) is 5.92 Å². The van der Waals surface area contributed by atoms with Crippen LogP contribution < -0.4 is 0 Å². The third-order valence-electron chi connectivity index (χ3n) is 5.54. The number of piperidine rings is 1. The van der Waals surface area contributed by atoms with Gasteiger partial charge in [0, 0.05) is 45.7 Å². The van der Waals surface area contributed by atoms with E-state index in [4.69, 9.17) is 0 Å². The smallest absolute Gasteiger partial charge is 0.341 e.